The first kappa shape index (κ1) is 16.4. The third-order valence-corrected chi connectivity index (χ3v) is 3.12. The van der Waals surface area contributed by atoms with Gasteiger partial charge >= 0.3 is 0 Å². The molecular formula is C17H18N2O4. The van der Waals surface area contributed by atoms with Crippen LogP contribution in [0.5, 0.6) is 17.2 Å². The molecule has 0 aliphatic carbocycles. The van der Waals surface area contributed by atoms with E-state index in [0.29, 0.717) is 22.8 Å². The summed E-state index contributed by atoms with van der Waals surface area (Å²) >= 11 is 0. The van der Waals surface area contributed by atoms with Gasteiger partial charge in [0.05, 0.1) is 27.5 Å². The molecule has 6 heteroatoms. The van der Waals surface area contributed by atoms with Crippen molar-refractivity contribution in [1.29, 1.82) is 0 Å². The van der Waals surface area contributed by atoms with E-state index in [4.69, 9.17) is 14.2 Å². The number of ether oxygens (including phenoxy) is 3. The van der Waals surface area contributed by atoms with Crippen molar-refractivity contribution >= 4 is 12.1 Å². The number of hydrogen-bond donors (Lipinski definition) is 1. The quantitative estimate of drug-likeness (QED) is 0.657. The van der Waals surface area contributed by atoms with Gasteiger partial charge in [0.2, 0.25) is 0 Å². The number of nitrogens with zero attached hydrogens (tertiary/aromatic N) is 1. The molecule has 0 fully saturated rings. The van der Waals surface area contributed by atoms with Gasteiger partial charge in [0.1, 0.15) is 5.75 Å². The van der Waals surface area contributed by atoms with Crippen molar-refractivity contribution in [3.8, 4) is 17.2 Å². The summed E-state index contributed by atoms with van der Waals surface area (Å²) in [4.78, 5) is 12.0. The third-order valence-electron chi connectivity index (χ3n) is 3.12. The lowest BCUT2D eigenvalue weighted by atomic mass is 10.2. The molecule has 120 valence electrons. The van der Waals surface area contributed by atoms with E-state index in [1.165, 1.54) is 6.21 Å². The Balaban J connectivity index is 2.04. The molecule has 0 bridgehead atoms. The van der Waals surface area contributed by atoms with Crippen LogP contribution in [0.2, 0.25) is 0 Å². The highest BCUT2D eigenvalue weighted by molar-refractivity contribution is 5.95. The second-order valence-electron chi connectivity index (χ2n) is 4.55. The molecule has 0 aliphatic heterocycles. The van der Waals surface area contributed by atoms with Crippen molar-refractivity contribution in [3.63, 3.8) is 0 Å². The second kappa shape index (κ2) is 7.84. The van der Waals surface area contributed by atoms with E-state index in [0.717, 1.165) is 5.56 Å². The molecule has 0 saturated carbocycles. The largest absolute Gasteiger partial charge is 0.497 e. The molecule has 23 heavy (non-hydrogen) atoms. The van der Waals surface area contributed by atoms with Crippen molar-refractivity contribution in [2.75, 3.05) is 21.3 Å². The Kier molecular flexibility index (Phi) is 5.57. The van der Waals surface area contributed by atoms with Gasteiger partial charge in [0.25, 0.3) is 5.91 Å². The summed E-state index contributed by atoms with van der Waals surface area (Å²) in [6, 6.07) is 12.2. The molecule has 0 atom stereocenters. The topological polar surface area (TPSA) is 69.2 Å². The predicted octanol–water partition coefficient (Wildman–Crippen LogP) is 2.48. The zero-order valence-corrected chi connectivity index (χ0v) is 13.2. The summed E-state index contributed by atoms with van der Waals surface area (Å²) in [6.07, 6.45) is 1.53. The minimum atomic E-state index is -0.319. The average molecular weight is 314 g/mol. The van der Waals surface area contributed by atoms with Gasteiger partial charge in [-0.2, -0.15) is 5.10 Å². The van der Waals surface area contributed by atoms with Crippen molar-refractivity contribution < 1.29 is 19.0 Å². The summed E-state index contributed by atoms with van der Waals surface area (Å²) in [5, 5.41) is 3.94. The monoisotopic (exact) mass is 314 g/mol. The zero-order chi connectivity index (χ0) is 16.7. The van der Waals surface area contributed by atoms with Gasteiger partial charge in [-0.15, -0.1) is 0 Å². The van der Waals surface area contributed by atoms with Gasteiger partial charge in [0.15, 0.2) is 11.5 Å². The minimum absolute atomic E-state index is 0.319. The normalized spacial score (nSPS) is 10.4. The van der Waals surface area contributed by atoms with E-state index >= 15 is 0 Å². The van der Waals surface area contributed by atoms with Gasteiger partial charge in [-0.3, -0.25) is 4.79 Å². The molecule has 0 spiro atoms. The molecule has 2 aromatic carbocycles. The summed E-state index contributed by atoms with van der Waals surface area (Å²) in [6.45, 7) is 0. The van der Waals surface area contributed by atoms with Crippen molar-refractivity contribution in [3.05, 3.63) is 53.6 Å². The van der Waals surface area contributed by atoms with Crippen LogP contribution < -0.4 is 19.6 Å². The Morgan fingerprint density at radius 2 is 1.78 bits per heavy atom. The molecule has 0 aromatic heterocycles. The van der Waals surface area contributed by atoms with Gasteiger partial charge < -0.3 is 14.2 Å². The maximum atomic E-state index is 12.0. The molecule has 0 unspecified atom stereocenters. The van der Waals surface area contributed by atoms with Crippen LogP contribution in [-0.4, -0.2) is 33.5 Å². The number of hydrazone groups is 1. The number of amides is 1. The molecule has 2 aromatic rings. The fraction of sp³-hybridized carbons (Fsp3) is 0.176. The first-order valence-electron chi connectivity index (χ1n) is 6.87. The number of rotatable bonds is 6. The van der Waals surface area contributed by atoms with E-state index < -0.39 is 0 Å². The molecule has 6 nitrogen and oxygen atoms in total. The van der Waals surface area contributed by atoms with Crippen molar-refractivity contribution in [2.24, 2.45) is 5.10 Å². The van der Waals surface area contributed by atoms with Crippen molar-refractivity contribution in [2.45, 2.75) is 0 Å². The summed E-state index contributed by atoms with van der Waals surface area (Å²) < 4.78 is 15.5. The summed E-state index contributed by atoms with van der Waals surface area (Å²) in [5.74, 6) is 1.52. The first-order valence-corrected chi connectivity index (χ1v) is 6.87. The molecule has 1 amide bonds. The Labute approximate surface area is 134 Å². The molecular weight excluding hydrogens is 296 g/mol. The highest BCUT2D eigenvalue weighted by Crippen LogP contribution is 2.26. The van der Waals surface area contributed by atoms with Crippen LogP contribution in [0.15, 0.2) is 47.6 Å². The Bertz CT molecular complexity index is 713. The van der Waals surface area contributed by atoms with Crippen LogP contribution in [0.4, 0.5) is 0 Å². The lowest BCUT2D eigenvalue weighted by Gasteiger charge is -2.07. The molecule has 1 N–H and O–H groups in total. The van der Waals surface area contributed by atoms with Crippen LogP contribution in [0, 0.1) is 0 Å². The summed E-state index contributed by atoms with van der Waals surface area (Å²) in [7, 11) is 4.68. The van der Waals surface area contributed by atoms with Crippen LogP contribution >= 0.6 is 0 Å². The Hall–Kier alpha value is -3.02. The first-order chi connectivity index (χ1) is 11.2. The number of hydrogen-bond acceptors (Lipinski definition) is 5. The minimum Gasteiger partial charge on any atom is -0.497 e. The highest BCUT2D eigenvalue weighted by Gasteiger charge is 2.06. The lowest BCUT2D eigenvalue weighted by Crippen LogP contribution is -2.17. The molecule has 2 rings (SSSR count). The lowest BCUT2D eigenvalue weighted by molar-refractivity contribution is 0.0955. The van der Waals surface area contributed by atoms with Gasteiger partial charge in [-0.05, 0) is 42.0 Å². The maximum absolute atomic E-state index is 12.0. The molecule has 0 heterocycles. The average Bonchev–Trinajstić information content (AvgIpc) is 2.61. The van der Waals surface area contributed by atoms with E-state index in [9.17, 15) is 4.79 Å². The Morgan fingerprint density at radius 3 is 2.48 bits per heavy atom. The predicted molar refractivity (Wildman–Crippen MR) is 87.6 cm³/mol. The van der Waals surface area contributed by atoms with Crippen molar-refractivity contribution in [1.82, 2.24) is 5.43 Å². The fourth-order valence-corrected chi connectivity index (χ4v) is 1.93. The van der Waals surface area contributed by atoms with Gasteiger partial charge in [-0.1, -0.05) is 6.07 Å². The van der Waals surface area contributed by atoms with Crippen LogP contribution in [-0.2, 0) is 0 Å². The number of benzene rings is 2. The molecule has 0 saturated heterocycles. The third kappa shape index (κ3) is 4.23. The van der Waals surface area contributed by atoms with E-state index in [2.05, 4.69) is 10.5 Å². The van der Waals surface area contributed by atoms with Crippen LogP contribution in [0.25, 0.3) is 0 Å². The Morgan fingerprint density at radius 1 is 1.00 bits per heavy atom. The molecule has 0 radical (unpaired) electrons. The number of nitrogens with one attached hydrogen (secondary N) is 1. The fourth-order valence-electron chi connectivity index (χ4n) is 1.93. The number of carbonyl (C=O) groups excluding carboxylic acids is 1. The standard InChI is InChI=1S/C17H18N2O4/c1-21-14-6-4-5-13(10-14)17(20)19-18-11-12-7-8-15(22-2)16(9-12)23-3/h4-11H,1-3H3,(H,19,20)/b18-11-. The SMILES string of the molecule is COc1cccc(C(=O)N/N=C\c2ccc(OC)c(OC)c2)c1. The smallest absolute Gasteiger partial charge is 0.271 e. The second-order valence-corrected chi connectivity index (χ2v) is 4.55. The van der Waals surface area contributed by atoms with E-state index in [1.54, 1.807) is 57.7 Å². The number of methoxy groups -OCH3 is 3. The van der Waals surface area contributed by atoms with Crippen LogP contribution in [0.3, 0.4) is 0 Å². The van der Waals surface area contributed by atoms with E-state index in [1.807, 2.05) is 6.07 Å². The van der Waals surface area contributed by atoms with Gasteiger partial charge in [0, 0.05) is 5.56 Å². The maximum Gasteiger partial charge on any atom is 0.271 e. The highest BCUT2D eigenvalue weighted by atomic mass is 16.5. The molecule has 0 aliphatic rings. The zero-order valence-electron chi connectivity index (χ0n) is 13.2. The summed E-state index contributed by atoms with van der Waals surface area (Å²) in [5.41, 5.74) is 3.71. The van der Waals surface area contributed by atoms with Gasteiger partial charge in [-0.25, -0.2) is 5.43 Å². The van der Waals surface area contributed by atoms with E-state index in [-0.39, 0.29) is 5.91 Å². The number of carbonyl (C=O) groups is 1. The van der Waals surface area contributed by atoms with Crippen LogP contribution in [0.1, 0.15) is 15.9 Å².